The van der Waals surface area contributed by atoms with Crippen LogP contribution in [0.1, 0.15) is 0 Å². The van der Waals surface area contributed by atoms with Crippen LogP contribution in [0.15, 0.2) is 0 Å². The zero-order valence-electron chi connectivity index (χ0n) is 3.89. The van der Waals surface area contributed by atoms with Gasteiger partial charge in [0.25, 0.3) is 0 Å². The van der Waals surface area contributed by atoms with Gasteiger partial charge in [-0.25, -0.2) is 0 Å². The minimum Gasteiger partial charge on any atom is -0.423 e. The van der Waals surface area contributed by atoms with Gasteiger partial charge in [-0.2, -0.15) is 0 Å². The molecule has 0 fully saturated rings. The molecule has 0 aromatic carbocycles. The van der Waals surface area contributed by atoms with Crippen molar-refractivity contribution in [2.45, 2.75) is 6.10 Å². The van der Waals surface area contributed by atoms with Gasteiger partial charge in [0.05, 0.1) is 0 Å². The van der Waals surface area contributed by atoms with Gasteiger partial charge in [-0.05, 0) is 6.10 Å². The van der Waals surface area contributed by atoms with E-state index in [0.717, 1.165) is 0 Å². The SMILES string of the molecule is [CH2-]C(O)CO.[Na+]. The van der Waals surface area contributed by atoms with Crippen molar-refractivity contribution in [1.82, 2.24) is 0 Å². The largest absolute Gasteiger partial charge is 1.00 e. The summed E-state index contributed by atoms with van der Waals surface area (Å²) < 4.78 is 0. The molecule has 0 aliphatic rings. The summed E-state index contributed by atoms with van der Waals surface area (Å²) in [6, 6.07) is 0. The molecule has 32 valence electrons. The van der Waals surface area contributed by atoms with Gasteiger partial charge >= 0.3 is 29.6 Å². The van der Waals surface area contributed by atoms with E-state index in [1.165, 1.54) is 0 Å². The van der Waals surface area contributed by atoms with Crippen molar-refractivity contribution in [2.24, 2.45) is 0 Å². The molecule has 0 radical (unpaired) electrons. The smallest absolute Gasteiger partial charge is 0.423 e. The minimum absolute atomic E-state index is 0. The predicted octanol–water partition coefficient (Wildman–Crippen LogP) is -3.82. The van der Waals surface area contributed by atoms with Gasteiger partial charge in [0.2, 0.25) is 0 Å². The van der Waals surface area contributed by atoms with Crippen molar-refractivity contribution < 1.29 is 39.8 Å². The van der Waals surface area contributed by atoms with Gasteiger partial charge in [0.1, 0.15) is 0 Å². The van der Waals surface area contributed by atoms with E-state index >= 15 is 0 Å². The molecule has 2 N–H and O–H groups in total. The first kappa shape index (κ1) is 10.0. The number of aliphatic hydroxyl groups excluding tert-OH is 2. The van der Waals surface area contributed by atoms with E-state index in [4.69, 9.17) is 10.2 Å². The predicted molar refractivity (Wildman–Crippen MR) is 18.4 cm³/mol. The van der Waals surface area contributed by atoms with Gasteiger partial charge in [0, 0.05) is 6.61 Å². The van der Waals surface area contributed by atoms with Crippen LogP contribution in [0.3, 0.4) is 0 Å². The van der Waals surface area contributed by atoms with Crippen LogP contribution in [0.4, 0.5) is 0 Å². The second kappa shape index (κ2) is 5.92. The Morgan fingerprint density at radius 3 is 1.83 bits per heavy atom. The fourth-order valence-corrected chi connectivity index (χ4v) is 0. The van der Waals surface area contributed by atoms with Crippen LogP contribution in [0, 0.1) is 6.92 Å². The van der Waals surface area contributed by atoms with E-state index in [1.54, 1.807) is 0 Å². The Bertz CT molecular complexity index is 22.8. The molecule has 1 unspecified atom stereocenters. The standard InChI is InChI=1S/C3H7O2.Na/c1-3(5)2-4;/h3-5H,1-2H2;/q-1;+1. The summed E-state index contributed by atoms with van der Waals surface area (Å²) in [5.41, 5.74) is 0. The van der Waals surface area contributed by atoms with Gasteiger partial charge in [-0.15, -0.1) is 0 Å². The van der Waals surface area contributed by atoms with Crippen LogP contribution < -0.4 is 29.6 Å². The number of aliphatic hydroxyl groups is 2. The number of rotatable bonds is 1. The van der Waals surface area contributed by atoms with Gasteiger partial charge in [-0.1, -0.05) is 0 Å². The first-order valence-electron chi connectivity index (χ1n) is 1.39. The Labute approximate surface area is 59.5 Å². The van der Waals surface area contributed by atoms with Crippen molar-refractivity contribution in [3.8, 4) is 0 Å². The third kappa shape index (κ3) is 8.87. The molecule has 0 bridgehead atoms. The average molecular weight is 98.1 g/mol. The monoisotopic (exact) mass is 98.0 g/mol. The molecule has 0 aliphatic heterocycles. The molecule has 6 heavy (non-hydrogen) atoms. The van der Waals surface area contributed by atoms with Crippen LogP contribution in [0.2, 0.25) is 0 Å². The molecule has 1 atom stereocenters. The Kier molecular flexibility index (Phi) is 9.89. The zero-order valence-corrected chi connectivity index (χ0v) is 5.89. The minimum atomic E-state index is -0.810. The average Bonchev–Trinajstić information content (AvgIpc) is 1.38. The summed E-state index contributed by atoms with van der Waals surface area (Å²) in [6.07, 6.45) is -0.810. The summed E-state index contributed by atoms with van der Waals surface area (Å²) in [7, 11) is 0. The Hall–Kier alpha value is 0.920. The molecule has 0 rings (SSSR count). The Morgan fingerprint density at radius 1 is 1.67 bits per heavy atom. The number of hydrogen-bond acceptors (Lipinski definition) is 2. The summed E-state index contributed by atoms with van der Waals surface area (Å²) in [6.45, 7) is 2.81. The van der Waals surface area contributed by atoms with E-state index in [2.05, 4.69) is 6.92 Å². The van der Waals surface area contributed by atoms with E-state index in [0.29, 0.717) is 0 Å². The van der Waals surface area contributed by atoms with Crippen molar-refractivity contribution in [3.05, 3.63) is 6.92 Å². The van der Waals surface area contributed by atoms with Crippen molar-refractivity contribution in [2.75, 3.05) is 6.61 Å². The van der Waals surface area contributed by atoms with E-state index in [-0.39, 0.29) is 36.2 Å². The molecule has 0 spiro atoms. The van der Waals surface area contributed by atoms with E-state index in [1.807, 2.05) is 0 Å². The van der Waals surface area contributed by atoms with Crippen LogP contribution >= 0.6 is 0 Å². The molecule has 0 amide bonds. The molecular formula is C3H7NaO2. The second-order valence-electron chi connectivity index (χ2n) is 0.836. The Morgan fingerprint density at radius 2 is 1.83 bits per heavy atom. The van der Waals surface area contributed by atoms with E-state index in [9.17, 15) is 0 Å². The van der Waals surface area contributed by atoms with Gasteiger partial charge in [-0.3, -0.25) is 0 Å². The maximum absolute atomic E-state index is 8.00. The summed E-state index contributed by atoms with van der Waals surface area (Å²) in [4.78, 5) is 0. The van der Waals surface area contributed by atoms with Crippen molar-refractivity contribution in [3.63, 3.8) is 0 Å². The van der Waals surface area contributed by atoms with Gasteiger partial charge < -0.3 is 17.1 Å². The third-order valence-electron chi connectivity index (χ3n) is 0.211. The maximum Gasteiger partial charge on any atom is 1.00 e. The summed E-state index contributed by atoms with van der Waals surface area (Å²) in [5, 5.41) is 15.8. The molecule has 0 saturated carbocycles. The topological polar surface area (TPSA) is 40.5 Å². The molecular weight excluding hydrogens is 91.0 g/mol. The molecule has 0 aliphatic carbocycles. The third-order valence-corrected chi connectivity index (χ3v) is 0.211. The van der Waals surface area contributed by atoms with Crippen molar-refractivity contribution in [1.29, 1.82) is 0 Å². The fraction of sp³-hybridized carbons (Fsp3) is 0.667. The molecule has 0 aromatic heterocycles. The normalized spacial score (nSPS) is 12.5. The van der Waals surface area contributed by atoms with Crippen LogP contribution in [-0.2, 0) is 0 Å². The summed E-state index contributed by atoms with van der Waals surface area (Å²) in [5.74, 6) is 0. The Balaban J connectivity index is 0. The van der Waals surface area contributed by atoms with E-state index < -0.39 is 6.10 Å². The van der Waals surface area contributed by atoms with Crippen molar-refractivity contribution >= 4 is 0 Å². The van der Waals surface area contributed by atoms with Crippen LogP contribution in [-0.4, -0.2) is 22.9 Å². The number of hydrogen-bond donors (Lipinski definition) is 2. The molecule has 0 aromatic rings. The second-order valence-corrected chi connectivity index (χ2v) is 0.836. The van der Waals surface area contributed by atoms with Crippen LogP contribution in [0.25, 0.3) is 0 Å². The first-order chi connectivity index (χ1) is 2.27. The van der Waals surface area contributed by atoms with Crippen LogP contribution in [0.5, 0.6) is 0 Å². The zero-order chi connectivity index (χ0) is 4.28. The first-order valence-corrected chi connectivity index (χ1v) is 1.39. The molecule has 2 nitrogen and oxygen atoms in total. The van der Waals surface area contributed by atoms with Gasteiger partial charge in [0.15, 0.2) is 0 Å². The fourth-order valence-electron chi connectivity index (χ4n) is 0. The molecule has 0 heterocycles. The molecule has 0 saturated heterocycles. The molecule has 3 heteroatoms. The quantitative estimate of drug-likeness (QED) is 0.260. The summed E-state index contributed by atoms with van der Waals surface area (Å²) >= 11 is 0. The maximum atomic E-state index is 8.00.